The summed E-state index contributed by atoms with van der Waals surface area (Å²) in [4.78, 5) is 17.0. The van der Waals surface area contributed by atoms with Gasteiger partial charge >= 0.3 is 0 Å². The Hall–Kier alpha value is -0.140. The third-order valence-electron chi connectivity index (χ3n) is 4.17. The lowest BCUT2D eigenvalue weighted by Crippen LogP contribution is -2.41. The average molecular weight is 390 g/mol. The Morgan fingerprint density at radius 2 is 2.05 bits per heavy atom. The maximum atomic E-state index is 12.4. The lowest BCUT2D eigenvalue weighted by molar-refractivity contribution is 0.0772. The van der Waals surface area contributed by atoms with Gasteiger partial charge in [-0.25, -0.2) is 0 Å². The van der Waals surface area contributed by atoms with E-state index in [4.69, 9.17) is 0 Å². The quantitative estimate of drug-likeness (QED) is 0.725. The molecule has 2 aliphatic rings. The molecule has 0 aromatic carbocycles. The Bertz CT molecular complexity index is 456. The van der Waals surface area contributed by atoms with Crippen LogP contribution in [0.1, 0.15) is 36.0 Å². The molecule has 2 aliphatic heterocycles. The maximum Gasteiger partial charge on any atom is 0.254 e. The first kappa shape index (κ1) is 13.8. The molecule has 0 bridgehead atoms. The van der Waals surface area contributed by atoms with Crippen molar-refractivity contribution in [2.24, 2.45) is 0 Å². The van der Waals surface area contributed by atoms with Crippen LogP contribution in [0.2, 0.25) is 0 Å². The van der Waals surface area contributed by atoms with Crippen LogP contribution in [0.5, 0.6) is 0 Å². The molecule has 104 valence electrons. The van der Waals surface area contributed by atoms with Gasteiger partial charge in [0, 0.05) is 24.5 Å². The van der Waals surface area contributed by atoms with Crippen LogP contribution >= 0.6 is 33.9 Å². The molecule has 1 amide bonds. The molecule has 3 nitrogen and oxygen atoms in total. The number of likely N-dealkylation sites (tertiary alicyclic amines) is 2. The number of halogens is 1. The summed E-state index contributed by atoms with van der Waals surface area (Å²) in [5.74, 6) is 0.221. The predicted octanol–water partition coefficient (Wildman–Crippen LogP) is 3.05. The summed E-state index contributed by atoms with van der Waals surface area (Å²) in [5, 5.41) is 1.98. The van der Waals surface area contributed by atoms with Crippen LogP contribution in [-0.2, 0) is 0 Å². The lowest BCUT2D eigenvalue weighted by atomic mass is 10.1. The number of thiophene rings is 1. The molecule has 1 atom stereocenters. The van der Waals surface area contributed by atoms with Crippen LogP contribution in [0.4, 0.5) is 0 Å². The Labute approximate surface area is 132 Å². The fourth-order valence-corrected chi connectivity index (χ4v) is 4.43. The summed E-state index contributed by atoms with van der Waals surface area (Å²) in [6, 6.07) is 2.60. The van der Waals surface area contributed by atoms with Crippen molar-refractivity contribution >= 4 is 39.8 Å². The molecule has 0 aliphatic carbocycles. The van der Waals surface area contributed by atoms with Crippen molar-refractivity contribution in [3.05, 3.63) is 19.9 Å². The van der Waals surface area contributed by atoms with Crippen molar-refractivity contribution in [2.45, 2.75) is 31.7 Å². The van der Waals surface area contributed by atoms with Crippen molar-refractivity contribution < 1.29 is 4.79 Å². The van der Waals surface area contributed by atoms with E-state index in [1.807, 2.05) is 16.3 Å². The average Bonchev–Trinajstić information content (AvgIpc) is 3.08. The fourth-order valence-electron chi connectivity index (χ4n) is 3.11. The summed E-state index contributed by atoms with van der Waals surface area (Å²) in [5.41, 5.74) is 0.869. The molecule has 3 rings (SSSR count). The van der Waals surface area contributed by atoms with Gasteiger partial charge in [-0.15, -0.1) is 11.3 Å². The van der Waals surface area contributed by atoms with Gasteiger partial charge in [-0.2, -0.15) is 0 Å². The zero-order valence-electron chi connectivity index (χ0n) is 11.0. The van der Waals surface area contributed by atoms with Crippen LogP contribution in [0.25, 0.3) is 0 Å². The molecule has 1 aromatic rings. The van der Waals surface area contributed by atoms with Crippen LogP contribution in [0.3, 0.4) is 0 Å². The standard InChI is InChI=1S/C14H19IN2OS/c15-13-8-11(10-19-13)14(18)17-7-4-12(9-17)16-5-2-1-3-6-16/h8,10,12H,1-7,9H2. The van der Waals surface area contributed by atoms with Crippen LogP contribution in [-0.4, -0.2) is 47.9 Å². The van der Waals surface area contributed by atoms with E-state index < -0.39 is 0 Å². The highest BCUT2D eigenvalue weighted by atomic mass is 127. The molecular formula is C14H19IN2OS. The Morgan fingerprint density at radius 1 is 1.26 bits per heavy atom. The van der Waals surface area contributed by atoms with Gasteiger partial charge in [0.05, 0.1) is 8.45 Å². The Morgan fingerprint density at radius 3 is 2.74 bits per heavy atom. The van der Waals surface area contributed by atoms with E-state index in [-0.39, 0.29) is 5.91 Å². The third-order valence-corrected chi connectivity index (χ3v) is 5.96. The summed E-state index contributed by atoms with van der Waals surface area (Å²) in [7, 11) is 0. The number of hydrogen-bond donors (Lipinski definition) is 0. The zero-order valence-corrected chi connectivity index (χ0v) is 14.0. The second-order valence-electron chi connectivity index (χ2n) is 5.43. The highest BCUT2D eigenvalue weighted by Gasteiger charge is 2.31. The van der Waals surface area contributed by atoms with Gasteiger partial charge in [0.15, 0.2) is 0 Å². The van der Waals surface area contributed by atoms with Crippen LogP contribution in [0, 0.1) is 2.88 Å². The molecule has 2 saturated heterocycles. The molecule has 0 N–H and O–H groups in total. The highest BCUT2D eigenvalue weighted by Crippen LogP contribution is 2.23. The fraction of sp³-hybridized carbons (Fsp3) is 0.643. The minimum absolute atomic E-state index is 0.221. The van der Waals surface area contributed by atoms with Crippen molar-refractivity contribution in [2.75, 3.05) is 26.2 Å². The van der Waals surface area contributed by atoms with Crippen molar-refractivity contribution in [1.29, 1.82) is 0 Å². The van der Waals surface area contributed by atoms with E-state index >= 15 is 0 Å². The number of rotatable bonds is 2. The Balaban J connectivity index is 1.60. The summed E-state index contributed by atoms with van der Waals surface area (Å²) >= 11 is 3.93. The molecular weight excluding hydrogens is 371 g/mol. The normalized spacial score (nSPS) is 24.9. The number of nitrogens with zero attached hydrogens (tertiary/aromatic N) is 2. The van der Waals surface area contributed by atoms with E-state index in [1.54, 1.807) is 11.3 Å². The number of hydrogen-bond acceptors (Lipinski definition) is 3. The number of carbonyl (C=O) groups excluding carboxylic acids is 1. The molecule has 1 aromatic heterocycles. The van der Waals surface area contributed by atoms with Gasteiger partial charge in [0.25, 0.3) is 5.91 Å². The van der Waals surface area contributed by atoms with E-state index in [9.17, 15) is 4.79 Å². The van der Waals surface area contributed by atoms with Gasteiger partial charge in [-0.05, 0) is 61.0 Å². The lowest BCUT2D eigenvalue weighted by Gasteiger charge is -2.32. The molecule has 19 heavy (non-hydrogen) atoms. The molecule has 0 saturated carbocycles. The molecule has 3 heterocycles. The van der Waals surface area contributed by atoms with Crippen molar-refractivity contribution in [1.82, 2.24) is 9.80 Å². The van der Waals surface area contributed by atoms with Crippen molar-refractivity contribution in [3.8, 4) is 0 Å². The minimum Gasteiger partial charge on any atom is -0.337 e. The van der Waals surface area contributed by atoms with E-state index in [2.05, 4.69) is 27.5 Å². The van der Waals surface area contributed by atoms with E-state index in [0.29, 0.717) is 6.04 Å². The topological polar surface area (TPSA) is 23.6 Å². The second kappa shape index (κ2) is 6.10. The molecule has 5 heteroatoms. The largest absolute Gasteiger partial charge is 0.337 e. The highest BCUT2D eigenvalue weighted by molar-refractivity contribution is 14.1. The summed E-state index contributed by atoms with van der Waals surface area (Å²) < 4.78 is 1.19. The van der Waals surface area contributed by atoms with E-state index in [0.717, 1.165) is 25.1 Å². The van der Waals surface area contributed by atoms with Crippen LogP contribution in [0.15, 0.2) is 11.4 Å². The first-order chi connectivity index (χ1) is 9.24. The zero-order chi connectivity index (χ0) is 13.2. The van der Waals surface area contributed by atoms with Crippen molar-refractivity contribution in [3.63, 3.8) is 0 Å². The number of carbonyl (C=O) groups is 1. The van der Waals surface area contributed by atoms with Gasteiger partial charge in [-0.3, -0.25) is 9.69 Å². The van der Waals surface area contributed by atoms with Gasteiger partial charge < -0.3 is 4.90 Å². The Kier molecular flexibility index (Phi) is 4.44. The first-order valence-electron chi connectivity index (χ1n) is 7.01. The monoisotopic (exact) mass is 390 g/mol. The maximum absolute atomic E-state index is 12.4. The van der Waals surface area contributed by atoms with E-state index in [1.165, 1.54) is 35.2 Å². The SMILES string of the molecule is O=C(c1csc(I)c1)N1CCC(N2CCCCC2)C1. The summed E-state index contributed by atoms with van der Waals surface area (Å²) in [6.45, 7) is 4.30. The molecule has 0 radical (unpaired) electrons. The second-order valence-corrected chi connectivity index (χ2v) is 8.24. The number of piperidine rings is 1. The predicted molar refractivity (Wildman–Crippen MR) is 86.8 cm³/mol. The third kappa shape index (κ3) is 3.13. The smallest absolute Gasteiger partial charge is 0.254 e. The van der Waals surface area contributed by atoms with Gasteiger partial charge in [0.1, 0.15) is 0 Å². The van der Waals surface area contributed by atoms with Gasteiger partial charge in [-0.1, -0.05) is 6.42 Å². The summed E-state index contributed by atoms with van der Waals surface area (Å²) in [6.07, 6.45) is 5.17. The molecule has 0 spiro atoms. The molecule has 2 fully saturated rings. The van der Waals surface area contributed by atoms with Gasteiger partial charge in [0.2, 0.25) is 0 Å². The first-order valence-corrected chi connectivity index (χ1v) is 8.97. The molecule has 1 unspecified atom stereocenters. The van der Waals surface area contributed by atoms with Crippen LogP contribution < -0.4 is 0 Å². The minimum atomic E-state index is 0.221. The number of amides is 1.